The predicted molar refractivity (Wildman–Crippen MR) is 96.4 cm³/mol. The van der Waals surface area contributed by atoms with Crippen LogP contribution in [0.5, 0.6) is 0 Å². The van der Waals surface area contributed by atoms with Gasteiger partial charge in [0.05, 0.1) is 0 Å². The molecule has 2 aliphatic heterocycles. The van der Waals surface area contributed by atoms with Crippen molar-refractivity contribution in [2.24, 2.45) is 22.7 Å². The number of hydrogen-bond donors (Lipinski definition) is 2. The van der Waals surface area contributed by atoms with Crippen molar-refractivity contribution in [3.8, 4) is 0 Å². The first-order chi connectivity index (χ1) is 12.1. The quantitative estimate of drug-likeness (QED) is 0.823. The van der Waals surface area contributed by atoms with Crippen molar-refractivity contribution in [2.75, 3.05) is 19.6 Å². The number of hydrogen-bond acceptors (Lipinski definition) is 3. The van der Waals surface area contributed by atoms with E-state index in [0.717, 1.165) is 38.2 Å². The van der Waals surface area contributed by atoms with Crippen LogP contribution in [0.2, 0.25) is 0 Å². The Balaban J connectivity index is 1.37. The van der Waals surface area contributed by atoms with Crippen molar-refractivity contribution in [2.45, 2.75) is 63.8 Å². The van der Waals surface area contributed by atoms with Crippen molar-refractivity contribution in [1.29, 1.82) is 0 Å². The minimum absolute atomic E-state index is 0.0493. The summed E-state index contributed by atoms with van der Waals surface area (Å²) in [5, 5.41) is 6.10. The highest BCUT2D eigenvalue weighted by molar-refractivity contribution is 6.08. The van der Waals surface area contributed by atoms with E-state index in [2.05, 4.69) is 10.6 Å². The SMILES string of the molecule is CCC1=N[C@@]2(CC[C@@H]3CN(C(=O)NCC4CCCCC4)C[C@H]32)C(=O)N1. The number of carbonyl (C=O) groups excluding carboxylic acids is 2. The molecule has 1 spiro atoms. The molecule has 4 aliphatic rings. The maximum atomic E-state index is 12.6. The molecule has 6 nitrogen and oxygen atoms in total. The Morgan fingerprint density at radius 2 is 2.08 bits per heavy atom. The van der Waals surface area contributed by atoms with Crippen LogP contribution in [0.1, 0.15) is 58.3 Å². The Labute approximate surface area is 149 Å². The van der Waals surface area contributed by atoms with Crippen molar-refractivity contribution in [1.82, 2.24) is 15.5 Å². The summed E-state index contributed by atoms with van der Waals surface area (Å²) in [6, 6.07) is 0.0493. The third-order valence-corrected chi connectivity index (χ3v) is 6.82. The number of amidine groups is 1. The molecule has 138 valence electrons. The van der Waals surface area contributed by atoms with E-state index >= 15 is 0 Å². The van der Waals surface area contributed by atoms with Gasteiger partial charge in [-0.05, 0) is 37.5 Å². The maximum Gasteiger partial charge on any atom is 0.317 e. The summed E-state index contributed by atoms with van der Waals surface area (Å²) in [6.07, 6.45) is 8.99. The minimum Gasteiger partial charge on any atom is -0.338 e. The molecule has 2 saturated carbocycles. The number of fused-ring (bicyclic) bond motifs is 2. The van der Waals surface area contributed by atoms with Gasteiger partial charge in [0.15, 0.2) is 0 Å². The summed E-state index contributed by atoms with van der Waals surface area (Å²) in [5.41, 5.74) is -0.603. The van der Waals surface area contributed by atoms with Crippen molar-refractivity contribution in [3.05, 3.63) is 0 Å². The molecular weight excluding hydrogens is 316 g/mol. The van der Waals surface area contributed by atoms with Gasteiger partial charge in [0, 0.05) is 32.0 Å². The van der Waals surface area contributed by atoms with Gasteiger partial charge in [-0.3, -0.25) is 9.79 Å². The van der Waals surface area contributed by atoms with Crippen LogP contribution in [0.4, 0.5) is 4.79 Å². The first-order valence-corrected chi connectivity index (χ1v) is 10.1. The van der Waals surface area contributed by atoms with Crippen molar-refractivity contribution in [3.63, 3.8) is 0 Å². The molecule has 3 atom stereocenters. The lowest BCUT2D eigenvalue weighted by atomic mass is 9.85. The van der Waals surface area contributed by atoms with E-state index in [1.54, 1.807) is 0 Å². The second-order valence-electron chi connectivity index (χ2n) is 8.29. The zero-order chi connectivity index (χ0) is 17.4. The predicted octanol–water partition coefficient (Wildman–Crippen LogP) is 2.30. The van der Waals surface area contributed by atoms with Gasteiger partial charge in [0.1, 0.15) is 11.4 Å². The number of nitrogens with zero attached hydrogens (tertiary/aromatic N) is 2. The number of amides is 3. The molecule has 0 aromatic rings. The van der Waals surface area contributed by atoms with Crippen LogP contribution in [0.15, 0.2) is 4.99 Å². The molecule has 6 heteroatoms. The summed E-state index contributed by atoms with van der Waals surface area (Å²) in [5.74, 6) is 2.10. The molecule has 2 aliphatic carbocycles. The van der Waals surface area contributed by atoms with Crippen LogP contribution in [0.3, 0.4) is 0 Å². The third kappa shape index (κ3) is 2.93. The highest BCUT2D eigenvalue weighted by Crippen LogP contribution is 2.48. The Morgan fingerprint density at radius 1 is 1.28 bits per heavy atom. The summed E-state index contributed by atoms with van der Waals surface area (Å²) >= 11 is 0. The molecule has 1 saturated heterocycles. The van der Waals surface area contributed by atoms with E-state index in [-0.39, 0.29) is 17.9 Å². The third-order valence-electron chi connectivity index (χ3n) is 6.82. The molecule has 0 aromatic heterocycles. The average Bonchev–Trinajstić information content (AvgIpc) is 3.29. The number of aliphatic imine (C=N–C) groups is 1. The fraction of sp³-hybridized carbons (Fsp3) is 0.842. The number of rotatable bonds is 3. The zero-order valence-corrected chi connectivity index (χ0v) is 15.2. The first-order valence-electron chi connectivity index (χ1n) is 10.1. The Kier molecular flexibility index (Phi) is 4.46. The van der Waals surface area contributed by atoms with Gasteiger partial charge >= 0.3 is 6.03 Å². The van der Waals surface area contributed by atoms with E-state index in [1.165, 1.54) is 32.1 Å². The lowest BCUT2D eigenvalue weighted by molar-refractivity contribution is -0.124. The fourth-order valence-electron chi connectivity index (χ4n) is 5.34. The van der Waals surface area contributed by atoms with Crippen molar-refractivity contribution < 1.29 is 9.59 Å². The molecule has 4 rings (SSSR count). The van der Waals surface area contributed by atoms with Gasteiger partial charge < -0.3 is 15.5 Å². The Morgan fingerprint density at radius 3 is 2.80 bits per heavy atom. The molecular formula is C19H30N4O2. The van der Waals surface area contributed by atoms with E-state index in [1.807, 2.05) is 11.8 Å². The van der Waals surface area contributed by atoms with Crippen LogP contribution in [0.25, 0.3) is 0 Å². The lowest BCUT2D eigenvalue weighted by Crippen LogP contribution is -2.46. The highest BCUT2D eigenvalue weighted by atomic mass is 16.2. The molecule has 0 bridgehead atoms. The van der Waals surface area contributed by atoms with Gasteiger partial charge in [-0.25, -0.2) is 4.79 Å². The van der Waals surface area contributed by atoms with E-state index in [4.69, 9.17) is 4.99 Å². The highest BCUT2D eigenvalue weighted by Gasteiger charge is 2.59. The van der Waals surface area contributed by atoms with Gasteiger partial charge in [0.2, 0.25) is 0 Å². The normalized spacial score (nSPS) is 35.0. The zero-order valence-electron chi connectivity index (χ0n) is 15.2. The minimum atomic E-state index is -0.603. The van der Waals surface area contributed by atoms with Crippen LogP contribution in [0, 0.1) is 17.8 Å². The summed E-state index contributed by atoms with van der Waals surface area (Å²) in [7, 11) is 0. The fourth-order valence-corrected chi connectivity index (χ4v) is 5.34. The number of likely N-dealkylation sites (tertiary alicyclic amines) is 1. The average molecular weight is 346 g/mol. The Bertz CT molecular complexity index is 584. The van der Waals surface area contributed by atoms with Gasteiger partial charge in [-0.1, -0.05) is 26.2 Å². The monoisotopic (exact) mass is 346 g/mol. The van der Waals surface area contributed by atoms with Crippen molar-refractivity contribution >= 4 is 17.8 Å². The van der Waals surface area contributed by atoms with E-state index in [9.17, 15) is 9.59 Å². The standard InChI is InChI=1S/C19H30N4O2/c1-2-16-21-17(24)19(22-16)9-8-14-11-23(12-15(14)19)18(25)20-10-13-6-4-3-5-7-13/h13-15H,2-12H2,1H3,(H,20,25)(H,21,22,24)/t14-,15-,19-/m1/s1. The van der Waals surface area contributed by atoms with Crippen LogP contribution in [-0.2, 0) is 4.79 Å². The molecule has 0 aromatic carbocycles. The molecule has 2 N–H and O–H groups in total. The van der Waals surface area contributed by atoms with Gasteiger partial charge in [-0.2, -0.15) is 0 Å². The number of carbonyl (C=O) groups is 2. The second kappa shape index (κ2) is 6.61. The largest absolute Gasteiger partial charge is 0.338 e. The maximum absolute atomic E-state index is 12.6. The topological polar surface area (TPSA) is 73.8 Å². The molecule has 0 unspecified atom stereocenters. The molecule has 3 amide bonds. The summed E-state index contributed by atoms with van der Waals surface area (Å²) in [6.45, 7) is 4.25. The van der Waals surface area contributed by atoms with Crippen LogP contribution in [-0.4, -0.2) is 47.8 Å². The number of nitrogens with one attached hydrogen (secondary N) is 2. The lowest BCUT2D eigenvalue weighted by Gasteiger charge is -2.27. The summed E-state index contributed by atoms with van der Waals surface area (Å²) < 4.78 is 0. The molecule has 25 heavy (non-hydrogen) atoms. The molecule has 3 fully saturated rings. The van der Waals surface area contributed by atoms with E-state index in [0.29, 0.717) is 18.4 Å². The smallest absolute Gasteiger partial charge is 0.317 e. The Hall–Kier alpha value is -1.59. The first kappa shape index (κ1) is 16.9. The summed E-state index contributed by atoms with van der Waals surface area (Å²) in [4.78, 5) is 31.9. The van der Waals surface area contributed by atoms with Crippen LogP contribution < -0.4 is 10.6 Å². The second-order valence-corrected chi connectivity index (χ2v) is 8.29. The van der Waals surface area contributed by atoms with Gasteiger partial charge in [0.25, 0.3) is 5.91 Å². The molecule has 2 heterocycles. The number of urea groups is 1. The van der Waals surface area contributed by atoms with E-state index < -0.39 is 5.54 Å². The molecule has 0 radical (unpaired) electrons. The van der Waals surface area contributed by atoms with Crippen LogP contribution >= 0.6 is 0 Å². The van der Waals surface area contributed by atoms with Gasteiger partial charge in [-0.15, -0.1) is 0 Å².